The quantitative estimate of drug-likeness (QED) is 0.881. The largest absolute Gasteiger partial charge is 0.383 e. The summed E-state index contributed by atoms with van der Waals surface area (Å²) < 4.78 is 0. The molecule has 1 atom stereocenters. The highest BCUT2D eigenvalue weighted by atomic mass is 32.1. The molecule has 7 heteroatoms. The summed E-state index contributed by atoms with van der Waals surface area (Å²) >= 11 is 1.56. The summed E-state index contributed by atoms with van der Waals surface area (Å²) in [7, 11) is 1.67. The van der Waals surface area contributed by atoms with Crippen molar-refractivity contribution in [2.24, 2.45) is 0 Å². The fourth-order valence-corrected chi connectivity index (χ4v) is 3.45. The molecule has 0 saturated carbocycles. The number of rotatable bonds is 3. The Balaban J connectivity index is 1.83. The number of fused-ring (bicyclic) bond motifs is 1. The highest BCUT2D eigenvalue weighted by Crippen LogP contribution is 2.25. The van der Waals surface area contributed by atoms with Crippen LogP contribution >= 0.6 is 11.3 Å². The van der Waals surface area contributed by atoms with E-state index in [1.165, 1.54) is 0 Å². The number of anilines is 1. The van der Waals surface area contributed by atoms with Gasteiger partial charge in [-0.15, -0.1) is 11.3 Å². The fraction of sp³-hybridized carbons (Fsp3) is 0.462. The van der Waals surface area contributed by atoms with Crippen LogP contribution in [0.2, 0.25) is 0 Å². The summed E-state index contributed by atoms with van der Waals surface area (Å²) in [5.41, 5.74) is 5.95. The smallest absolute Gasteiger partial charge is 0.237 e. The molecule has 106 valence electrons. The van der Waals surface area contributed by atoms with Crippen LogP contribution in [-0.2, 0) is 11.3 Å². The van der Waals surface area contributed by atoms with Gasteiger partial charge in [-0.3, -0.25) is 9.69 Å². The second-order valence-electron chi connectivity index (χ2n) is 4.91. The van der Waals surface area contributed by atoms with Crippen molar-refractivity contribution in [1.82, 2.24) is 20.2 Å². The molecule has 0 aliphatic carbocycles. The fourth-order valence-electron chi connectivity index (χ4n) is 2.66. The number of aromatic nitrogens is 2. The number of nitrogens with two attached hydrogens (primary N) is 1. The molecule has 2 aromatic heterocycles. The van der Waals surface area contributed by atoms with E-state index >= 15 is 0 Å². The lowest BCUT2D eigenvalue weighted by molar-refractivity contribution is -0.125. The normalized spacial score (nSPS) is 19.6. The van der Waals surface area contributed by atoms with E-state index in [-0.39, 0.29) is 11.9 Å². The van der Waals surface area contributed by atoms with Gasteiger partial charge in [0.25, 0.3) is 0 Å². The SMILES string of the molecule is CNC(=O)C1CCCN1Cc1nc(N)c2ccsc2n1. The number of nitrogens with one attached hydrogen (secondary N) is 1. The Hall–Kier alpha value is -1.73. The van der Waals surface area contributed by atoms with Crippen molar-refractivity contribution in [3.05, 3.63) is 17.3 Å². The second kappa shape index (κ2) is 5.34. The van der Waals surface area contributed by atoms with Gasteiger partial charge in [0, 0.05) is 7.05 Å². The van der Waals surface area contributed by atoms with E-state index in [0.717, 1.165) is 29.6 Å². The first kappa shape index (κ1) is 13.3. The van der Waals surface area contributed by atoms with Gasteiger partial charge in [-0.2, -0.15) is 0 Å². The predicted octanol–water partition coefficient (Wildman–Crippen LogP) is 0.984. The molecule has 0 aromatic carbocycles. The number of hydrogen-bond donors (Lipinski definition) is 2. The van der Waals surface area contributed by atoms with E-state index in [4.69, 9.17) is 5.73 Å². The van der Waals surface area contributed by atoms with Crippen LogP contribution in [-0.4, -0.2) is 40.4 Å². The van der Waals surface area contributed by atoms with Gasteiger partial charge >= 0.3 is 0 Å². The predicted molar refractivity (Wildman–Crippen MR) is 79.3 cm³/mol. The van der Waals surface area contributed by atoms with Gasteiger partial charge in [-0.25, -0.2) is 9.97 Å². The maximum absolute atomic E-state index is 11.8. The maximum atomic E-state index is 11.8. The van der Waals surface area contributed by atoms with Crippen LogP contribution in [0, 0.1) is 0 Å². The Morgan fingerprint density at radius 3 is 3.25 bits per heavy atom. The van der Waals surface area contributed by atoms with Crippen molar-refractivity contribution in [3.8, 4) is 0 Å². The molecule has 1 amide bonds. The van der Waals surface area contributed by atoms with Crippen molar-refractivity contribution in [2.75, 3.05) is 19.3 Å². The van der Waals surface area contributed by atoms with Gasteiger partial charge < -0.3 is 11.1 Å². The third-order valence-electron chi connectivity index (χ3n) is 3.66. The Kier molecular flexibility index (Phi) is 3.54. The minimum atomic E-state index is -0.0798. The molecule has 3 heterocycles. The minimum Gasteiger partial charge on any atom is -0.383 e. The van der Waals surface area contributed by atoms with E-state index in [9.17, 15) is 4.79 Å². The van der Waals surface area contributed by atoms with Crippen molar-refractivity contribution in [2.45, 2.75) is 25.4 Å². The number of carbonyl (C=O) groups excluding carboxylic acids is 1. The van der Waals surface area contributed by atoms with Crippen LogP contribution in [0.25, 0.3) is 10.2 Å². The highest BCUT2D eigenvalue weighted by Gasteiger charge is 2.30. The number of likely N-dealkylation sites (N-methyl/N-ethyl adjacent to an activating group) is 1. The van der Waals surface area contributed by atoms with Crippen LogP contribution in [0.15, 0.2) is 11.4 Å². The van der Waals surface area contributed by atoms with E-state index in [1.807, 2.05) is 11.4 Å². The minimum absolute atomic E-state index is 0.0627. The number of hydrogen-bond acceptors (Lipinski definition) is 6. The van der Waals surface area contributed by atoms with Gasteiger partial charge in [0.2, 0.25) is 5.91 Å². The van der Waals surface area contributed by atoms with Crippen molar-refractivity contribution in [1.29, 1.82) is 0 Å². The first-order chi connectivity index (χ1) is 9.69. The van der Waals surface area contributed by atoms with Crippen LogP contribution in [0.4, 0.5) is 5.82 Å². The van der Waals surface area contributed by atoms with Gasteiger partial charge in [-0.1, -0.05) is 0 Å². The van der Waals surface area contributed by atoms with Gasteiger partial charge in [0.1, 0.15) is 16.5 Å². The van der Waals surface area contributed by atoms with Crippen molar-refractivity contribution >= 4 is 33.3 Å². The molecule has 1 unspecified atom stereocenters. The van der Waals surface area contributed by atoms with Crippen molar-refractivity contribution in [3.63, 3.8) is 0 Å². The van der Waals surface area contributed by atoms with Crippen LogP contribution < -0.4 is 11.1 Å². The molecular weight excluding hydrogens is 274 g/mol. The molecule has 0 spiro atoms. The number of nitrogen functional groups attached to an aromatic ring is 1. The van der Waals surface area contributed by atoms with E-state index < -0.39 is 0 Å². The van der Waals surface area contributed by atoms with Gasteiger partial charge in [0.15, 0.2) is 0 Å². The van der Waals surface area contributed by atoms with Gasteiger partial charge in [0.05, 0.1) is 18.0 Å². The average Bonchev–Trinajstić information content (AvgIpc) is 3.07. The number of thiophene rings is 1. The Bertz CT molecular complexity index is 641. The molecule has 20 heavy (non-hydrogen) atoms. The summed E-state index contributed by atoms with van der Waals surface area (Å²) in [6.45, 7) is 1.46. The molecule has 2 aromatic rings. The van der Waals surface area contributed by atoms with E-state index in [2.05, 4.69) is 20.2 Å². The molecule has 1 aliphatic rings. The zero-order chi connectivity index (χ0) is 14.1. The second-order valence-corrected chi connectivity index (χ2v) is 5.80. The topological polar surface area (TPSA) is 84.1 Å². The van der Waals surface area contributed by atoms with Gasteiger partial charge in [-0.05, 0) is 30.8 Å². The summed E-state index contributed by atoms with van der Waals surface area (Å²) in [4.78, 5) is 23.8. The third-order valence-corrected chi connectivity index (χ3v) is 4.46. The Morgan fingerprint density at radius 2 is 2.45 bits per heavy atom. The summed E-state index contributed by atoms with van der Waals surface area (Å²) in [6, 6.07) is 1.85. The number of carbonyl (C=O) groups is 1. The monoisotopic (exact) mass is 291 g/mol. The van der Waals surface area contributed by atoms with Crippen LogP contribution in [0.5, 0.6) is 0 Å². The maximum Gasteiger partial charge on any atom is 0.237 e. The molecule has 3 rings (SSSR count). The lowest BCUT2D eigenvalue weighted by Gasteiger charge is -2.22. The first-order valence-electron chi connectivity index (χ1n) is 6.64. The van der Waals surface area contributed by atoms with Crippen molar-refractivity contribution < 1.29 is 4.79 Å². The molecular formula is C13H17N5OS. The summed E-state index contributed by atoms with van der Waals surface area (Å²) in [5.74, 6) is 1.27. The third kappa shape index (κ3) is 2.34. The Labute approximate surface area is 121 Å². The molecule has 6 nitrogen and oxygen atoms in total. The molecule has 0 radical (unpaired) electrons. The highest BCUT2D eigenvalue weighted by molar-refractivity contribution is 7.16. The zero-order valence-electron chi connectivity index (χ0n) is 11.3. The van der Waals surface area contributed by atoms with E-state index in [0.29, 0.717) is 18.2 Å². The average molecular weight is 291 g/mol. The molecule has 3 N–H and O–H groups in total. The summed E-state index contributed by atoms with van der Waals surface area (Å²) in [6.07, 6.45) is 1.91. The number of nitrogens with zero attached hydrogens (tertiary/aromatic N) is 3. The first-order valence-corrected chi connectivity index (χ1v) is 7.52. The lowest BCUT2D eigenvalue weighted by atomic mass is 10.2. The number of amides is 1. The zero-order valence-corrected chi connectivity index (χ0v) is 12.1. The van der Waals surface area contributed by atoms with E-state index in [1.54, 1.807) is 18.4 Å². The molecule has 0 bridgehead atoms. The molecule has 1 saturated heterocycles. The standard InChI is InChI=1S/C13H17N5OS/c1-15-12(19)9-3-2-5-18(9)7-10-16-11(14)8-4-6-20-13(8)17-10/h4,6,9H,2-3,5,7H2,1H3,(H,15,19)(H2,14,16,17). The molecule has 1 aliphatic heterocycles. The number of likely N-dealkylation sites (tertiary alicyclic amines) is 1. The molecule has 1 fully saturated rings. The lowest BCUT2D eigenvalue weighted by Crippen LogP contribution is -2.41. The van der Waals surface area contributed by atoms with Crippen LogP contribution in [0.1, 0.15) is 18.7 Å². The Morgan fingerprint density at radius 1 is 1.60 bits per heavy atom. The summed E-state index contributed by atoms with van der Waals surface area (Å²) in [5, 5.41) is 5.58. The van der Waals surface area contributed by atoms with Crippen LogP contribution in [0.3, 0.4) is 0 Å².